The summed E-state index contributed by atoms with van der Waals surface area (Å²) in [5.41, 5.74) is 3.26. The third-order valence-corrected chi connectivity index (χ3v) is 9.04. The van der Waals surface area contributed by atoms with Gasteiger partial charge in [-0.25, -0.2) is 0 Å². The molecular weight excluding hydrogens is 320 g/mol. The maximum Gasteiger partial charge on any atom is 0.178 e. The van der Waals surface area contributed by atoms with Crippen molar-refractivity contribution in [3.8, 4) is 0 Å². The highest BCUT2D eigenvalue weighted by Crippen LogP contribution is 2.67. The van der Waals surface area contributed by atoms with E-state index >= 15 is 0 Å². The zero-order valence-electron chi connectivity index (χ0n) is 17.1. The number of hydrogen-bond acceptors (Lipinski definition) is 2. The maximum absolute atomic E-state index is 12.3. The number of hydrogen-bond donors (Lipinski definition) is 0. The SMILES string of the molecule is CCOCC1=CC(=O)C=C2CC[C@@H]3[C@H](CC[C@]4(C)[C@@H](CC)CC[C@@H]34)[C@]21C. The molecule has 26 heavy (non-hydrogen) atoms. The standard InChI is InChI=1S/C24H36O2/c1-5-16-8-10-21-20-9-7-17-13-19(25)14-18(15-26-6-2)24(17,4)22(20)11-12-23(16,21)3/h13-14,16,20-22H,5-12,15H2,1-4H3/t16-,20-,21-,22-,23+,24+/m0/s1. The van der Waals surface area contributed by atoms with Gasteiger partial charge in [-0.15, -0.1) is 0 Å². The Morgan fingerprint density at radius 2 is 1.88 bits per heavy atom. The molecule has 4 aliphatic carbocycles. The molecule has 6 atom stereocenters. The molecule has 0 bridgehead atoms. The van der Waals surface area contributed by atoms with Gasteiger partial charge in [-0.2, -0.15) is 0 Å². The van der Waals surface area contributed by atoms with Gasteiger partial charge in [-0.05, 0) is 92.3 Å². The molecule has 0 aromatic rings. The van der Waals surface area contributed by atoms with Crippen molar-refractivity contribution in [3.05, 3.63) is 23.3 Å². The highest BCUT2D eigenvalue weighted by molar-refractivity contribution is 6.02. The van der Waals surface area contributed by atoms with E-state index in [1.807, 2.05) is 19.1 Å². The average Bonchev–Trinajstić information content (AvgIpc) is 2.96. The van der Waals surface area contributed by atoms with Crippen LogP contribution in [0.4, 0.5) is 0 Å². The fourth-order valence-electron chi connectivity index (χ4n) is 7.61. The van der Waals surface area contributed by atoms with E-state index in [0.717, 1.165) is 24.2 Å². The summed E-state index contributed by atoms with van der Waals surface area (Å²) in [6, 6.07) is 0. The van der Waals surface area contributed by atoms with Crippen molar-refractivity contribution < 1.29 is 9.53 Å². The zero-order valence-corrected chi connectivity index (χ0v) is 17.1. The van der Waals surface area contributed by atoms with Gasteiger partial charge in [-0.1, -0.05) is 32.8 Å². The van der Waals surface area contributed by atoms with Crippen molar-refractivity contribution in [3.63, 3.8) is 0 Å². The summed E-state index contributed by atoms with van der Waals surface area (Å²) in [5.74, 6) is 3.50. The normalized spacial score (nSPS) is 44.7. The smallest absolute Gasteiger partial charge is 0.178 e. The molecule has 0 N–H and O–H groups in total. The van der Waals surface area contributed by atoms with Crippen LogP contribution in [0.2, 0.25) is 0 Å². The highest BCUT2D eigenvalue weighted by Gasteiger charge is 2.59. The Bertz CT molecular complexity index is 645. The molecule has 0 radical (unpaired) electrons. The monoisotopic (exact) mass is 356 g/mol. The third kappa shape index (κ3) is 2.51. The number of rotatable bonds is 4. The van der Waals surface area contributed by atoms with Crippen LogP contribution in [0.1, 0.15) is 72.6 Å². The van der Waals surface area contributed by atoms with Crippen LogP contribution in [0.3, 0.4) is 0 Å². The van der Waals surface area contributed by atoms with Gasteiger partial charge in [0.05, 0.1) is 6.61 Å². The second-order valence-electron chi connectivity index (χ2n) is 9.72. The first-order valence-electron chi connectivity index (χ1n) is 11.0. The van der Waals surface area contributed by atoms with E-state index in [1.54, 1.807) is 0 Å². The fourth-order valence-corrected chi connectivity index (χ4v) is 7.61. The number of ether oxygens (including phenoxy) is 1. The highest BCUT2D eigenvalue weighted by atomic mass is 16.5. The number of allylic oxidation sites excluding steroid dienone is 3. The molecule has 144 valence electrons. The van der Waals surface area contributed by atoms with Gasteiger partial charge in [0.15, 0.2) is 5.78 Å². The lowest BCUT2D eigenvalue weighted by Crippen LogP contribution is -2.51. The van der Waals surface area contributed by atoms with Crippen molar-refractivity contribution in [1.82, 2.24) is 0 Å². The number of fused-ring (bicyclic) bond motifs is 5. The molecule has 0 spiro atoms. The van der Waals surface area contributed by atoms with E-state index < -0.39 is 0 Å². The minimum absolute atomic E-state index is 0.0532. The second kappa shape index (κ2) is 6.62. The van der Waals surface area contributed by atoms with Crippen LogP contribution in [0.15, 0.2) is 23.3 Å². The fraction of sp³-hybridized carbons (Fsp3) is 0.792. The maximum atomic E-state index is 12.3. The summed E-state index contributed by atoms with van der Waals surface area (Å²) in [6.07, 6.45) is 13.2. The summed E-state index contributed by atoms with van der Waals surface area (Å²) in [7, 11) is 0. The van der Waals surface area contributed by atoms with Gasteiger partial charge < -0.3 is 4.74 Å². The van der Waals surface area contributed by atoms with E-state index in [1.165, 1.54) is 49.7 Å². The topological polar surface area (TPSA) is 26.3 Å². The Morgan fingerprint density at radius 3 is 2.62 bits per heavy atom. The molecule has 0 aromatic carbocycles. The van der Waals surface area contributed by atoms with Gasteiger partial charge in [-0.3, -0.25) is 4.79 Å². The van der Waals surface area contributed by atoms with E-state index in [4.69, 9.17) is 4.74 Å². The van der Waals surface area contributed by atoms with Crippen LogP contribution < -0.4 is 0 Å². The molecule has 0 aromatic heterocycles. The minimum atomic E-state index is 0.0532. The molecule has 3 saturated carbocycles. The first-order valence-corrected chi connectivity index (χ1v) is 11.0. The lowest BCUT2D eigenvalue weighted by molar-refractivity contribution is -0.111. The van der Waals surface area contributed by atoms with Crippen molar-refractivity contribution in [1.29, 1.82) is 0 Å². The largest absolute Gasteiger partial charge is 0.377 e. The van der Waals surface area contributed by atoms with E-state index in [-0.39, 0.29) is 11.2 Å². The van der Waals surface area contributed by atoms with Crippen molar-refractivity contribution >= 4 is 5.78 Å². The molecule has 4 rings (SSSR count). The van der Waals surface area contributed by atoms with Gasteiger partial charge in [0.25, 0.3) is 0 Å². The summed E-state index contributed by atoms with van der Waals surface area (Å²) in [4.78, 5) is 12.3. The van der Waals surface area contributed by atoms with Gasteiger partial charge in [0.1, 0.15) is 0 Å². The lowest BCUT2D eigenvalue weighted by Gasteiger charge is -2.58. The molecule has 4 aliphatic rings. The Morgan fingerprint density at radius 1 is 1.08 bits per heavy atom. The Kier molecular flexibility index (Phi) is 4.70. The van der Waals surface area contributed by atoms with E-state index in [0.29, 0.717) is 24.5 Å². The van der Waals surface area contributed by atoms with Crippen LogP contribution in [0.25, 0.3) is 0 Å². The first-order chi connectivity index (χ1) is 12.4. The summed E-state index contributed by atoms with van der Waals surface area (Å²) in [5, 5.41) is 0. The second-order valence-corrected chi connectivity index (χ2v) is 9.72. The van der Waals surface area contributed by atoms with Gasteiger partial charge in [0.2, 0.25) is 0 Å². The molecule has 0 saturated heterocycles. The molecule has 0 aliphatic heterocycles. The van der Waals surface area contributed by atoms with Crippen LogP contribution in [0, 0.1) is 34.5 Å². The quantitative estimate of drug-likeness (QED) is 0.643. The van der Waals surface area contributed by atoms with E-state index in [9.17, 15) is 4.79 Å². The molecule has 0 unspecified atom stereocenters. The Balaban J connectivity index is 1.68. The van der Waals surface area contributed by atoms with Gasteiger partial charge >= 0.3 is 0 Å². The van der Waals surface area contributed by atoms with Crippen LogP contribution in [-0.2, 0) is 9.53 Å². The molecule has 0 amide bonds. The summed E-state index contributed by atoms with van der Waals surface area (Å²) >= 11 is 0. The number of carbonyl (C=O) groups excluding carboxylic acids is 1. The minimum Gasteiger partial charge on any atom is -0.377 e. The van der Waals surface area contributed by atoms with Crippen molar-refractivity contribution in [2.24, 2.45) is 34.5 Å². The summed E-state index contributed by atoms with van der Waals surface area (Å²) < 4.78 is 5.81. The van der Waals surface area contributed by atoms with E-state index in [2.05, 4.69) is 20.8 Å². The van der Waals surface area contributed by atoms with Crippen LogP contribution >= 0.6 is 0 Å². The average molecular weight is 357 g/mol. The number of carbonyl (C=O) groups is 1. The first kappa shape index (κ1) is 18.5. The molecule has 2 nitrogen and oxygen atoms in total. The predicted octanol–water partition coefficient (Wildman–Crippen LogP) is 5.73. The predicted molar refractivity (Wildman–Crippen MR) is 106 cm³/mol. The zero-order chi connectivity index (χ0) is 18.5. The van der Waals surface area contributed by atoms with Crippen molar-refractivity contribution in [2.45, 2.75) is 72.6 Å². The third-order valence-electron chi connectivity index (χ3n) is 9.04. The lowest BCUT2D eigenvalue weighted by atomic mass is 9.46. The van der Waals surface area contributed by atoms with Gasteiger partial charge in [0, 0.05) is 12.0 Å². The number of ketones is 1. The Hall–Kier alpha value is -0.890. The van der Waals surface area contributed by atoms with Crippen molar-refractivity contribution in [2.75, 3.05) is 13.2 Å². The summed E-state index contributed by atoms with van der Waals surface area (Å²) in [6.45, 7) is 10.8. The van der Waals surface area contributed by atoms with Crippen LogP contribution in [-0.4, -0.2) is 19.0 Å². The molecule has 3 fully saturated rings. The van der Waals surface area contributed by atoms with Crippen LogP contribution in [0.5, 0.6) is 0 Å². The molecule has 0 heterocycles. The molecular formula is C24H36O2. The molecule has 2 heteroatoms. The Labute approximate surface area is 159 Å².